The third-order valence-corrected chi connectivity index (χ3v) is 6.19. The number of hydrogen-bond acceptors (Lipinski definition) is 6. The zero-order valence-electron chi connectivity index (χ0n) is 12.5. The normalized spacial score (nSPS) is 23.5. The van der Waals surface area contributed by atoms with Crippen molar-refractivity contribution in [1.29, 1.82) is 0 Å². The first-order valence-electron chi connectivity index (χ1n) is 7.58. The summed E-state index contributed by atoms with van der Waals surface area (Å²) in [5.41, 5.74) is 0. The number of hydrogen-bond donors (Lipinski definition) is 0. The minimum atomic E-state index is -2.81. The summed E-state index contributed by atoms with van der Waals surface area (Å²) in [6.45, 7) is 3.23. The molecule has 2 aliphatic rings. The number of carbonyl (C=O) groups is 1. The van der Waals surface area contributed by atoms with Crippen molar-refractivity contribution in [2.24, 2.45) is 0 Å². The van der Waals surface area contributed by atoms with Gasteiger partial charge in [0.1, 0.15) is 29.0 Å². The van der Waals surface area contributed by atoms with Gasteiger partial charge in [-0.25, -0.2) is 18.1 Å². The molecule has 9 heteroatoms. The standard InChI is InChI=1S/C13H21N5O3S/c19-13(9-18-11-14-10-15-18)17-5-3-16(4-6-17)12-1-7-22(20,21)8-2-12/h10-12H,1-9H2. The van der Waals surface area contributed by atoms with Crippen molar-refractivity contribution in [2.45, 2.75) is 25.4 Å². The topological polar surface area (TPSA) is 88.4 Å². The molecular weight excluding hydrogens is 306 g/mol. The number of carbonyl (C=O) groups excluding carboxylic acids is 1. The second-order valence-corrected chi connectivity index (χ2v) is 8.20. The quantitative estimate of drug-likeness (QED) is 0.707. The summed E-state index contributed by atoms with van der Waals surface area (Å²) < 4.78 is 24.5. The van der Waals surface area contributed by atoms with Crippen molar-refractivity contribution in [3.05, 3.63) is 12.7 Å². The maximum Gasteiger partial charge on any atom is 0.244 e. The summed E-state index contributed by atoms with van der Waals surface area (Å²) in [5.74, 6) is 0.642. The van der Waals surface area contributed by atoms with Crippen molar-refractivity contribution in [3.8, 4) is 0 Å². The molecule has 2 saturated heterocycles. The van der Waals surface area contributed by atoms with Crippen molar-refractivity contribution in [2.75, 3.05) is 37.7 Å². The number of rotatable bonds is 3. The second kappa shape index (κ2) is 6.33. The van der Waals surface area contributed by atoms with Gasteiger partial charge in [0.2, 0.25) is 5.91 Å². The molecule has 1 aromatic heterocycles. The number of piperazine rings is 1. The summed E-state index contributed by atoms with van der Waals surface area (Å²) in [7, 11) is -2.81. The highest BCUT2D eigenvalue weighted by Crippen LogP contribution is 2.19. The lowest BCUT2D eigenvalue weighted by Gasteiger charge is -2.40. The summed E-state index contributed by atoms with van der Waals surface area (Å²) >= 11 is 0. The molecule has 22 heavy (non-hydrogen) atoms. The summed E-state index contributed by atoms with van der Waals surface area (Å²) in [5, 5.41) is 3.94. The van der Waals surface area contributed by atoms with Gasteiger partial charge in [-0.3, -0.25) is 9.69 Å². The fourth-order valence-corrected chi connectivity index (χ4v) is 4.60. The Bertz CT molecular complexity index is 594. The van der Waals surface area contributed by atoms with Crippen molar-refractivity contribution in [1.82, 2.24) is 24.6 Å². The van der Waals surface area contributed by atoms with Crippen molar-refractivity contribution < 1.29 is 13.2 Å². The molecule has 0 radical (unpaired) electrons. The van der Waals surface area contributed by atoms with E-state index in [9.17, 15) is 13.2 Å². The van der Waals surface area contributed by atoms with Crippen LogP contribution in [0.5, 0.6) is 0 Å². The fraction of sp³-hybridized carbons (Fsp3) is 0.769. The van der Waals surface area contributed by atoms with Crippen LogP contribution >= 0.6 is 0 Å². The lowest BCUT2D eigenvalue weighted by atomic mass is 10.1. The molecular formula is C13H21N5O3S. The third-order valence-electron chi connectivity index (χ3n) is 4.47. The highest BCUT2D eigenvalue weighted by Gasteiger charge is 2.30. The molecule has 1 aromatic rings. The predicted octanol–water partition coefficient (Wildman–Crippen LogP) is -1.00. The van der Waals surface area contributed by atoms with E-state index in [1.807, 2.05) is 4.90 Å². The van der Waals surface area contributed by atoms with Crippen LogP contribution < -0.4 is 0 Å². The van der Waals surface area contributed by atoms with E-state index >= 15 is 0 Å². The van der Waals surface area contributed by atoms with Crippen LogP contribution in [0, 0.1) is 0 Å². The average Bonchev–Trinajstić information content (AvgIpc) is 3.00. The van der Waals surface area contributed by atoms with Gasteiger partial charge in [0.25, 0.3) is 0 Å². The largest absolute Gasteiger partial charge is 0.339 e. The molecule has 0 N–H and O–H groups in total. The lowest BCUT2D eigenvalue weighted by molar-refractivity contribution is -0.134. The van der Waals surface area contributed by atoms with E-state index in [2.05, 4.69) is 15.0 Å². The highest BCUT2D eigenvalue weighted by molar-refractivity contribution is 7.91. The maximum atomic E-state index is 12.2. The van der Waals surface area contributed by atoms with Gasteiger partial charge in [-0.15, -0.1) is 0 Å². The van der Waals surface area contributed by atoms with Gasteiger partial charge in [-0.2, -0.15) is 5.10 Å². The SMILES string of the molecule is O=C(Cn1cncn1)N1CCN(C2CCS(=O)(=O)CC2)CC1. The van der Waals surface area contributed by atoms with Crippen LogP contribution in [0.3, 0.4) is 0 Å². The van der Waals surface area contributed by atoms with Crippen LogP contribution in [-0.2, 0) is 21.2 Å². The Morgan fingerprint density at radius 2 is 1.82 bits per heavy atom. The van der Waals surface area contributed by atoms with Gasteiger partial charge in [0, 0.05) is 32.2 Å². The van der Waals surface area contributed by atoms with E-state index in [4.69, 9.17) is 0 Å². The summed E-state index contributed by atoms with van der Waals surface area (Å²) in [6.07, 6.45) is 4.39. The molecule has 8 nitrogen and oxygen atoms in total. The third kappa shape index (κ3) is 3.64. The molecule has 122 valence electrons. The van der Waals surface area contributed by atoms with Crippen LogP contribution in [0.2, 0.25) is 0 Å². The highest BCUT2D eigenvalue weighted by atomic mass is 32.2. The molecule has 0 spiro atoms. The minimum absolute atomic E-state index is 0.0522. The smallest absolute Gasteiger partial charge is 0.244 e. The molecule has 0 unspecified atom stereocenters. The first-order valence-corrected chi connectivity index (χ1v) is 9.40. The molecule has 0 atom stereocenters. The van der Waals surface area contributed by atoms with E-state index < -0.39 is 9.84 Å². The first kappa shape index (κ1) is 15.4. The molecule has 0 aromatic carbocycles. The van der Waals surface area contributed by atoms with E-state index in [1.54, 1.807) is 0 Å². The van der Waals surface area contributed by atoms with Crippen LogP contribution in [0.4, 0.5) is 0 Å². The zero-order valence-corrected chi connectivity index (χ0v) is 13.3. The fourth-order valence-electron chi connectivity index (χ4n) is 3.13. The number of nitrogens with zero attached hydrogens (tertiary/aromatic N) is 5. The molecule has 0 aliphatic carbocycles. The minimum Gasteiger partial charge on any atom is -0.339 e. The monoisotopic (exact) mass is 327 g/mol. The Hall–Kier alpha value is -1.48. The van der Waals surface area contributed by atoms with E-state index in [-0.39, 0.29) is 12.5 Å². The number of sulfone groups is 1. The average molecular weight is 327 g/mol. The predicted molar refractivity (Wildman–Crippen MR) is 79.9 cm³/mol. The Labute approximate surface area is 130 Å². The maximum absolute atomic E-state index is 12.2. The second-order valence-electron chi connectivity index (χ2n) is 5.89. The molecule has 0 saturated carbocycles. The number of aromatic nitrogens is 3. The first-order chi connectivity index (χ1) is 10.5. The van der Waals surface area contributed by atoms with E-state index in [0.717, 1.165) is 25.9 Å². The summed E-state index contributed by atoms with van der Waals surface area (Å²) in [4.78, 5) is 20.2. The van der Waals surface area contributed by atoms with Gasteiger partial charge in [0.05, 0.1) is 11.5 Å². The van der Waals surface area contributed by atoms with E-state index in [0.29, 0.717) is 30.6 Å². The lowest BCUT2D eigenvalue weighted by Crippen LogP contribution is -2.53. The molecule has 1 amide bonds. The van der Waals surface area contributed by atoms with Crippen LogP contribution in [0.1, 0.15) is 12.8 Å². The van der Waals surface area contributed by atoms with Gasteiger partial charge in [-0.1, -0.05) is 0 Å². The van der Waals surface area contributed by atoms with Crippen molar-refractivity contribution >= 4 is 15.7 Å². The van der Waals surface area contributed by atoms with Gasteiger partial charge >= 0.3 is 0 Å². The Morgan fingerprint density at radius 3 is 2.41 bits per heavy atom. The van der Waals surface area contributed by atoms with Crippen LogP contribution in [0.15, 0.2) is 12.7 Å². The van der Waals surface area contributed by atoms with E-state index in [1.165, 1.54) is 17.3 Å². The van der Waals surface area contributed by atoms with Crippen LogP contribution in [-0.4, -0.2) is 82.6 Å². The molecule has 2 aliphatic heterocycles. The van der Waals surface area contributed by atoms with Gasteiger partial charge < -0.3 is 4.90 Å². The Kier molecular flexibility index (Phi) is 4.44. The molecule has 3 rings (SSSR count). The van der Waals surface area contributed by atoms with Crippen LogP contribution in [0.25, 0.3) is 0 Å². The molecule has 3 heterocycles. The summed E-state index contributed by atoms with van der Waals surface area (Å²) in [6, 6.07) is 0.344. The molecule has 0 bridgehead atoms. The Morgan fingerprint density at radius 1 is 1.14 bits per heavy atom. The van der Waals surface area contributed by atoms with Gasteiger partial charge in [0.15, 0.2) is 0 Å². The van der Waals surface area contributed by atoms with Gasteiger partial charge in [-0.05, 0) is 12.8 Å². The number of amides is 1. The molecule has 2 fully saturated rings. The van der Waals surface area contributed by atoms with Crippen molar-refractivity contribution in [3.63, 3.8) is 0 Å². The zero-order chi connectivity index (χ0) is 15.6. The Balaban J connectivity index is 1.47.